The number of hydrogen-bond acceptors (Lipinski definition) is 2. The summed E-state index contributed by atoms with van der Waals surface area (Å²) >= 11 is 3.10. The van der Waals surface area contributed by atoms with Crippen molar-refractivity contribution in [2.75, 3.05) is 11.9 Å². The normalized spacial score (nSPS) is 11.1. The van der Waals surface area contributed by atoms with Crippen LogP contribution in [0.3, 0.4) is 0 Å². The minimum Gasteiger partial charge on any atom is -0.365 e. The van der Waals surface area contributed by atoms with Crippen LogP contribution in [-0.4, -0.2) is 28.1 Å². The Hall–Kier alpha value is -0.850. The molecule has 4 N–H and O–H groups in total. The lowest BCUT2D eigenvalue weighted by Gasteiger charge is -1.89. The van der Waals surface area contributed by atoms with Gasteiger partial charge in [-0.1, -0.05) is 15.9 Å². The smallest absolute Gasteiger partial charge is 0.362 e. The Kier molecular flexibility index (Phi) is 4.55. The van der Waals surface area contributed by atoms with E-state index in [1.165, 1.54) is 0 Å². The maximum Gasteiger partial charge on any atom is 0.362 e. The molecule has 0 rings (SSSR count). The average molecular weight is 212 g/mol. The topological polar surface area (TPSA) is 90.7 Å². The maximum absolute atomic E-state index is 9.81. The van der Waals surface area contributed by atoms with Crippen molar-refractivity contribution in [2.24, 2.45) is 10.7 Å². The summed E-state index contributed by atoms with van der Waals surface area (Å²) in [4.78, 5) is 13.4. The first-order valence-corrected chi connectivity index (χ1v) is 3.57. The minimum atomic E-state index is -0.507. The Balaban J connectivity index is 3.59. The van der Waals surface area contributed by atoms with E-state index in [4.69, 9.17) is 10.9 Å². The molecule has 0 aromatic heterocycles. The van der Waals surface area contributed by atoms with E-state index in [0.29, 0.717) is 11.9 Å². The summed E-state index contributed by atoms with van der Waals surface area (Å²) in [5.74, 6) is -0.114. The second-order valence-electron chi connectivity index (χ2n) is 1.34. The summed E-state index contributed by atoms with van der Waals surface area (Å²) in [5.41, 5.74) is 6.89. The molecule has 0 radical (unpaired) electrons. The first-order chi connectivity index (χ1) is 4.66. The zero-order chi connectivity index (χ0) is 7.98. The van der Waals surface area contributed by atoms with Crippen LogP contribution in [0.15, 0.2) is 4.99 Å². The van der Waals surface area contributed by atoms with Gasteiger partial charge in [-0.25, -0.2) is 10.2 Å². The van der Waals surface area contributed by atoms with Gasteiger partial charge in [-0.3, -0.25) is 0 Å². The van der Waals surface area contributed by atoms with Crippen LogP contribution in [0.1, 0.15) is 0 Å². The van der Waals surface area contributed by atoms with Crippen molar-refractivity contribution < 1.29 is 10.2 Å². The molecule has 0 aliphatic carbocycles. The highest BCUT2D eigenvalue weighted by molar-refractivity contribution is 9.09. The molecule has 0 amide bonds. The molecule has 0 unspecified atom stereocenters. The number of halogens is 1. The van der Waals surface area contributed by atoms with E-state index >= 15 is 0 Å². The number of rotatable bonds is 3. The van der Waals surface area contributed by atoms with Gasteiger partial charge < -0.3 is 5.73 Å². The van der Waals surface area contributed by atoms with Crippen LogP contribution in [-0.2, 0) is 0 Å². The lowest BCUT2D eigenvalue weighted by Crippen LogP contribution is -2.37. The van der Waals surface area contributed by atoms with Crippen LogP contribution < -0.4 is 11.2 Å². The van der Waals surface area contributed by atoms with Gasteiger partial charge in [0.15, 0.2) is 0 Å². The number of nitrogens with two attached hydrogens (primary N) is 1. The molecule has 6 nitrogen and oxygen atoms in total. The van der Waals surface area contributed by atoms with Crippen molar-refractivity contribution in [2.45, 2.75) is 0 Å². The summed E-state index contributed by atoms with van der Waals surface area (Å²) in [7, 11) is 0. The summed E-state index contributed by atoms with van der Waals surface area (Å²) in [6.45, 7) is 0.451. The van der Waals surface area contributed by atoms with Gasteiger partial charge in [0.25, 0.3) is 5.96 Å². The molecule has 0 saturated carbocycles. The number of nitrogens with one attached hydrogen (secondary N) is 1. The predicted octanol–water partition coefficient (Wildman–Crippen LogP) is -0.631. The lowest BCUT2D eigenvalue weighted by atomic mass is 10.8. The monoisotopic (exact) mass is 211 g/mol. The fraction of sp³-hybridized carbons (Fsp3) is 0.667. The van der Waals surface area contributed by atoms with E-state index in [1.807, 2.05) is 5.43 Å². The van der Waals surface area contributed by atoms with Crippen molar-refractivity contribution in [1.29, 1.82) is 0 Å². The number of hydrogen-bond donors (Lipinski definition) is 3. The van der Waals surface area contributed by atoms with E-state index in [-0.39, 0.29) is 5.96 Å². The SMILES string of the molecule is NC(=NCCBr)N[N+](=O)O. The second kappa shape index (κ2) is 4.98. The van der Waals surface area contributed by atoms with E-state index in [1.54, 1.807) is 0 Å². The van der Waals surface area contributed by atoms with Gasteiger partial charge >= 0.3 is 5.03 Å². The molecule has 0 saturated heterocycles. The molecule has 0 aliphatic heterocycles. The van der Waals surface area contributed by atoms with Gasteiger partial charge in [-0.2, -0.15) is 0 Å². The highest BCUT2D eigenvalue weighted by atomic mass is 79.9. The quantitative estimate of drug-likeness (QED) is 0.251. The van der Waals surface area contributed by atoms with Crippen molar-refractivity contribution in [1.82, 2.24) is 5.43 Å². The van der Waals surface area contributed by atoms with E-state index < -0.39 is 5.03 Å². The number of aliphatic imine (C=N–C) groups is 1. The van der Waals surface area contributed by atoms with Crippen LogP contribution in [0, 0.1) is 4.91 Å². The van der Waals surface area contributed by atoms with E-state index in [0.717, 1.165) is 0 Å². The third-order valence-electron chi connectivity index (χ3n) is 0.577. The first kappa shape index (κ1) is 9.15. The summed E-state index contributed by atoms with van der Waals surface area (Å²) < 4.78 is 0. The molecule has 0 aliphatic rings. The zero-order valence-electron chi connectivity index (χ0n) is 5.12. The minimum absolute atomic E-state index is 0.114. The molecule has 0 aromatic carbocycles. The Morgan fingerprint density at radius 2 is 2.50 bits per heavy atom. The highest BCUT2D eigenvalue weighted by Crippen LogP contribution is 1.78. The average Bonchev–Trinajstić information content (AvgIpc) is 1.82. The van der Waals surface area contributed by atoms with Crippen molar-refractivity contribution in [3.63, 3.8) is 0 Å². The van der Waals surface area contributed by atoms with Crippen molar-refractivity contribution >= 4 is 21.9 Å². The summed E-state index contributed by atoms with van der Waals surface area (Å²) in [6.07, 6.45) is 0. The summed E-state index contributed by atoms with van der Waals surface area (Å²) in [5, 5.41) is 8.16. The van der Waals surface area contributed by atoms with Crippen LogP contribution in [0.2, 0.25) is 0 Å². The fourth-order valence-corrected chi connectivity index (χ4v) is 0.473. The first-order valence-electron chi connectivity index (χ1n) is 2.45. The van der Waals surface area contributed by atoms with Crippen LogP contribution >= 0.6 is 15.9 Å². The lowest BCUT2D eigenvalue weighted by molar-refractivity contribution is -0.822. The van der Waals surface area contributed by atoms with Crippen LogP contribution in [0.4, 0.5) is 0 Å². The molecule has 0 fully saturated rings. The molecule has 0 atom stereocenters. The second-order valence-corrected chi connectivity index (χ2v) is 2.13. The molecule has 0 spiro atoms. The van der Waals surface area contributed by atoms with Crippen LogP contribution in [0.5, 0.6) is 0 Å². The van der Waals surface area contributed by atoms with Gasteiger partial charge in [-0.15, -0.1) is 0 Å². The van der Waals surface area contributed by atoms with Crippen LogP contribution in [0.25, 0.3) is 0 Å². The Bertz CT molecular complexity index is 147. The molecule has 0 bridgehead atoms. The van der Waals surface area contributed by atoms with E-state index in [2.05, 4.69) is 20.9 Å². The molecule has 10 heavy (non-hydrogen) atoms. The zero-order valence-corrected chi connectivity index (χ0v) is 6.71. The maximum atomic E-state index is 9.81. The highest BCUT2D eigenvalue weighted by Gasteiger charge is 2.02. The van der Waals surface area contributed by atoms with E-state index in [9.17, 15) is 4.91 Å². The number of hydrazine groups is 1. The molecule has 7 heteroatoms. The third kappa shape index (κ3) is 5.29. The van der Waals surface area contributed by atoms with Gasteiger partial charge in [0.1, 0.15) is 4.91 Å². The Labute approximate surface area is 65.7 Å². The molecule has 0 heterocycles. The van der Waals surface area contributed by atoms with Gasteiger partial charge in [0.05, 0.1) is 6.54 Å². The standard InChI is InChI=1S/C3H8BrN4O2/c4-1-2-6-3(5)7-8(9)10/h1-2H2,(H,9,10)(H3,5,6,7)/q+1. The van der Waals surface area contributed by atoms with Gasteiger partial charge in [0.2, 0.25) is 0 Å². The third-order valence-corrected chi connectivity index (χ3v) is 0.931. The number of nitrogens with zero attached hydrogens (tertiary/aromatic N) is 2. The Morgan fingerprint density at radius 3 is 2.90 bits per heavy atom. The van der Waals surface area contributed by atoms with Crippen molar-refractivity contribution in [3.8, 4) is 0 Å². The predicted molar refractivity (Wildman–Crippen MR) is 38.8 cm³/mol. The largest absolute Gasteiger partial charge is 0.365 e. The fourth-order valence-electron chi connectivity index (χ4n) is 0.296. The molecular formula is C3H8BrN4O2+. The number of alkyl halides is 1. The van der Waals surface area contributed by atoms with Gasteiger partial charge in [-0.05, 0) is 5.43 Å². The molecule has 58 valence electrons. The molecule has 0 aromatic rings. The number of guanidine groups is 1. The summed E-state index contributed by atoms with van der Waals surface area (Å²) in [6, 6.07) is 0. The van der Waals surface area contributed by atoms with Gasteiger partial charge in [0, 0.05) is 5.33 Å². The Morgan fingerprint density at radius 1 is 1.90 bits per heavy atom. The molecular weight excluding hydrogens is 204 g/mol. The van der Waals surface area contributed by atoms with Crippen molar-refractivity contribution in [3.05, 3.63) is 4.91 Å².